The molecule has 2 atom stereocenters. The van der Waals surface area contributed by atoms with E-state index in [1.165, 1.54) is 0 Å². The van der Waals surface area contributed by atoms with Gasteiger partial charge < -0.3 is 10.8 Å². The molecule has 1 aliphatic rings. The van der Waals surface area contributed by atoms with E-state index in [-0.39, 0.29) is 6.04 Å². The monoisotopic (exact) mass is 182 g/mol. The number of hydrogen-bond donors (Lipinski definition) is 2. The molecule has 4 nitrogen and oxygen atoms in total. The molecule has 0 radical (unpaired) electrons. The molecule has 0 bridgehead atoms. The highest BCUT2D eigenvalue weighted by atomic mass is 16.4. The molecule has 1 heterocycles. The number of carboxylic acids is 1. The number of nitrogens with zero attached hydrogens (tertiary/aromatic N) is 1. The lowest BCUT2D eigenvalue weighted by molar-refractivity contribution is -0.138. The molecule has 4 heteroatoms. The van der Waals surface area contributed by atoms with E-state index in [0.29, 0.717) is 6.42 Å². The van der Waals surface area contributed by atoms with Crippen LogP contribution in [0.25, 0.3) is 0 Å². The average molecular weight is 182 g/mol. The maximum atomic E-state index is 10.5. The molecule has 0 aromatic carbocycles. The zero-order valence-electron chi connectivity index (χ0n) is 7.60. The molecule has 0 aromatic rings. The third-order valence-electron chi connectivity index (χ3n) is 1.92. The van der Waals surface area contributed by atoms with Gasteiger partial charge in [-0.3, -0.25) is 9.79 Å². The van der Waals surface area contributed by atoms with Gasteiger partial charge in [0.25, 0.3) is 0 Å². The quantitative estimate of drug-likeness (QED) is 0.670. The van der Waals surface area contributed by atoms with E-state index in [0.717, 1.165) is 12.1 Å². The lowest BCUT2D eigenvalue weighted by atomic mass is 10.1. The van der Waals surface area contributed by atoms with Crippen LogP contribution in [-0.4, -0.2) is 28.9 Å². The molecule has 1 aliphatic heterocycles. The molecule has 13 heavy (non-hydrogen) atoms. The zero-order valence-corrected chi connectivity index (χ0v) is 7.60. The second-order valence-electron chi connectivity index (χ2n) is 3.26. The zero-order chi connectivity index (χ0) is 9.84. The van der Waals surface area contributed by atoms with Crippen molar-refractivity contribution in [2.24, 2.45) is 10.7 Å². The highest BCUT2D eigenvalue weighted by Gasteiger charge is 2.15. The van der Waals surface area contributed by atoms with Crippen LogP contribution in [-0.2, 0) is 4.79 Å². The van der Waals surface area contributed by atoms with E-state index in [9.17, 15) is 4.79 Å². The molecule has 0 saturated carbocycles. The van der Waals surface area contributed by atoms with Crippen LogP contribution in [0.5, 0.6) is 0 Å². The highest BCUT2D eigenvalue weighted by molar-refractivity contribution is 5.98. The van der Waals surface area contributed by atoms with Gasteiger partial charge in [-0.15, -0.1) is 0 Å². The first kappa shape index (κ1) is 9.92. The first-order valence-corrected chi connectivity index (χ1v) is 4.31. The predicted octanol–water partition coefficient (Wildman–Crippen LogP) is 0.578. The van der Waals surface area contributed by atoms with Gasteiger partial charge in [-0.25, -0.2) is 0 Å². The van der Waals surface area contributed by atoms with Crippen molar-refractivity contribution in [3.63, 3.8) is 0 Å². The molecule has 0 amide bonds. The number of dihydropyridines is 1. The Morgan fingerprint density at radius 2 is 2.62 bits per heavy atom. The van der Waals surface area contributed by atoms with E-state index in [2.05, 4.69) is 4.99 Å². The number of carbonyl (C=O) groups is 1. The third kappa shape index (κ3) is 2.99. The SMILES string of the molecule is CC1CC=CC(CC(N)C(=O)O)=N1. The first-order chi connectivity index (χ1) is 6.09. The summed E-state index contributed by atoms with van der Waals surface area (Å²) >= 11 is 0. The largest absolute Gasteiger partial charge is 0.480 e. The number of rotatable bonds is 3. The Balaban J connectivity index is 2.54. The number of aliphatic carboxylic acids is 1. The Morgan fingerprint density at radius 1 is 1.92 bits per heavy atom. The summed E-state index contributed by atoms with van der Waals surface area (Å²) in [5.41, 5.74) is 6.16. The maximum Gasteiger partial charge on any atom is 0.320 e. The van der Waals surface area contributed by atoms with Gasteiger partial charge in [0.05, 0.1) is 6.04 Å². The van der Waals surface area contributed by atoms with E-state index >= 15 is 0 Å². The summed E-state index contributed by atoms with van der Waals surface area (Å²) < 4.78 is 0. The highest BCUT2D eigenvalue weighted by Crippen LogP contribution is 2.08. The van der Waals surface area contributed by atoms with E-state index < -0.39 is 12.0 Å². The summed E-state index contributed by atoms with van der Waals surface area (Å²) in [5.74, 6) is -0.977. The Hall–Kier alpha value is -1.16. The Kier molecular flexibility index (Phi) is 3.19. The lowest BCUT2D eigenvalue weighted by Crippen LogP contribution is -2.32. The van der Waals surface area contributed by atoms with Crippen LogP contribution in [0.3, 0.4) is 0 Å². The van der Waals surface area contributed by atoms with Crippen LogP contribution in [0.4, 0.5) is 0 Å². The number of allylic oxidation sites excluding steroid dienone is 1. The van der Waals surface area contributed by atoms with Gasteiger partial charge in [0.1, 0.15) is 6.04 Å². The maximum absolute atomic E-state index is 10.5. The normalized spacial score (nSPS) is 23.8. The minimum Gasteiger partial charge on any atom is -0.480 e. The Morgan fingerprint density at radius 3 is 3.15 bits per heavy atom. The van der Waals surface area contributed by atoms with Gasteiger partial charge in [-0.05, 0) is 19.4 Å². The van der Waals surface area contributed by atoms with Crippen LogP contribution in [0.1, 0.15) is 19.8 Å². The van der Waals surface area contributed by atoms with Crippen LogP contribution < -0.4 is 5.73 Å². The molecule has 0 aliphatic carbocycles. The number of carboxylic acid groups (broad SMARTS) is 1. The van der Waals surface area contributed by atoms with Crippen LogP contribution >= 0.6 is 0 Å². The molecule has 0 saturated heterocycles. The van der Waals surface area contributed by atoms with Gasteiger partial charge >= 0.3 is 5.97 Å². The van der Waals surface area contributed by atoms with Crippen molar-refractivity contribution in [3.8, 4) is 0 Å². The molecule has 72 valence electrons. The average Bonchev–Trinajstić information content (AvgIpc) is 2.04. The Labute approximate surface area is 77.2 Å². The topological polar surface area (TPSA) is 75.7 Å². The van der Waals surface area contributed by atoms with Crippen molar-refractivity contribution in [2.75, 3.05) is 0 Å². The fourth-order valence-electron chi connectivity index (χ4n) is 1.21. The summed E-state index contributed by atoms with van der Waals surface area (Å²) in [4.78, 5) is 14.7. The van der Waals surface area contributed by atoms with Crippen molar-refractivity contribution >= 4 is 11.7 Å². The summed E-state index contributed by atoms with van der Waals surface area (Å²) in [6.45, 7) is 2.00. The smallest absolute Gasteiger partial charge is 0.320 e. The second kappa shape index (κ2) is 4.18. The fourth-order valence-corrected chi connectivity index (χ4v) is 1.21. The second-order valence-corrected chi connectivity index (χ2v) is 3.26. The Bertz CT molecular complexity index is 258. The predicted molar refractivity (Wildman–Crippen MR) is 50.9 cm³/mol. The number of aliphatic imine (C=N–C) groups is 1. The van der Waals surface area contributed by atoms with Crippen molar-refractivity contribution in [3.05, 3.63) is 12.2 Å². The summed E-state index contributed by atoms with van der Waals surface area (Å²) in [7, 11) is 0. The van der Waals surface area contributed by atoms with Gasteiger partial charge in [0.2, 0.25) is 0 Å². The summed E-state index contributed by atoms with van der Waals surface area (Å²) in [6.07, 6.45) is 5.09. The van der Waals surface area contributed by atoms with Crippen molar-refractivity contribution < 1.29 is 9.90 Å². The van der Waals surface area contributed by atoms with Gasteiger partial charge in [0.15, 0.2) is 0 Å². The molecule has 3 N–H and O–H groups in total. The molecule has 0 aromatic heterocycles. The first-order valence-electron chi connectivity index (χ1n) is 4.31. The van der Waals surface area contributed by atoms with Gasteiger partial charge in [-0.2, -0.15) is 0 Å². The lowest BCUT2D eigenvalue weighted by Gasteiger charge is -2.13. The van der Waals surface area contributed by atoms with Crippen molar-refractivity contribution in [1.29, 1.82) is 0 Å². The third-order valence-corrected chi connectivity index (χ3v) is 1.92. The van der Waals surface area contributed by atoms with Gasteiger partial charge in [0, 0.05) is 12.1 Å². The minimum atomic E-state index is -0.977. The van der Waals surface area contributed by atoms with Crippen LogP contribution in [0.15, 0.2) is 17.1 Å². The van der Waals surface area contributed by atoms with E-state index in [1.807, 2.05) is 19.1 Å². The van der Waals surface area contributed by atoms with Crippen LogP contribution in [0.2, 0.25) is 0 Å². The van der Waals surface area contributed by atoms with Crippen molar-refractivity contribution in [1.82, 2.24) is 0 Å². The molecule has 0 fully saturated rings. The number of hydrogen-bond acceptors (Lipinski definition) is 3. The van der Waals surface area contributed by atoms with E-state index in [4.69, 9.17) is 10.8 Å². The molecule has 0 spiro atoms. The number of nitrogens with two attached hydrogens (primary N) is 1. The summed E-state index contributed by atoms with van der Waals surface area (Å²) in [5, 5.41) is 8.57. The molecular weight excluding hydrogens is 168 g/mol. The standard InChI is InChI=1S/C9H14N2O2/c1-6-3-2-4-7(11-6)5-8(10)9(12)13/h2,4,6,8H,3,5,10H2,1H3,(H,12,13). The van der Waals surface area contributed by atoms with E-state index in [1.54, 1.807) is 0 Å². The van der Waals surface area contributed by atoms with Gasteiger partial charge in [-0.1, -0.05) is 6.08 Å². The fraction of sp³-hybridized carbons (Fsp3) is 0.556. The summed E-state index contributed by atoms with van der Waals surface area (Å²) in [6, 6.07) is -0.588. The molecule has 2 unspecified atom stereocenters. The van der Waals surface area contributed by atoms with Crippen molar-refractivity contribution in [2.45, 2.75) is 31.8 Å². The molecule has 1 rings (SSSR count). The molecular formula is C9H14N2O2. The van der Waals surface area contributed by atoms with Crippen LogP contribution in [0, 0.1) is 0 Å². The minimum absolute atomic E-state index is 0.251.